The van der Waals surface area contributed by atoms with Gasteiger partial charge < -0.3 is 19.6 Å². The van der Waals surface area contributed by atoms with Crippen LogP contribution in [0.2, 0.25) is 0 Å². The van der Waals surface area contributed by atoms with Gasteiger partial charge in [-0.1, -0.05) is 42.5 Å². The molecule has 198 valence electrons. The number of anilines is 3. The van der Waals surface area contributed by atoms with Gasteiger partial charge in [-0.05, 0) is 48.4 Å². The first-order valence-electron chi connectivity index (χ1n) is 13.2. The molecule has 2 atom stereocenters. The zero-order valence-electron chi connectivity index (χ0n) is 21.1. The fraction of sp³-hybridized carbons (Fsp3) is 0.367. The third-order valence-corrected chi connectivity index (χ3v) is 8.19. The lowest BCUT2D eigenvalue weighted by atomic mass is 9.82. The van der Waals surface area contributed by atoms with Gasteiger partial charge in [-0.15, -0.1) is 0 Å². The van der Waals surface area contributed by atoms with Gasteiger partial charge in [0.25, 0.3) is 0 Å². The molecule has 0 aliphatic carbocycles. The van der Waals surface area contributed by atoms with Gasteiger partial charge in [-0.3, -0.25) is 4.79 Å². The number of benzene rings is 3. The predicted octanol–water partition coefficient (Wildman–Crippen LogP) is 4.92. The van der Waals surface area contributed by atoms with Crippen molar-refractivity contribution in [2.24, 2.45) is 5.92 Å². The van der Waals surface area contributed by atoms with Crippen LogP contribution >= 0.6 is 0 Å². The lowest BCUT2D eigenvalue weighted by molar-refractivity contribution is -0.137. The highest BCUT2D eigenvalue weighted by Crippen LogP contribution is 2.38. The van der Waals surface area contributed by atoms with Gasteiger partial charge in [0.15, 0.2) is 0 Å². The van der Waals surface area contributed by atoms with Crippen LogP contribution in [0.3, 0.4) is 0 Å². The first-order valence-corrected chi connectivity index (χ1v) is 13.2. The van der Waals surface area contributed by atoms with E-state index in [1.165, 1.54) is 29.1 Å². The molecule has 3 aliphatic rings. The smallest absolute Gasteiger partial charge is 0.368 e. The van der Waals surface area contributed by atoms with Crippen LogP contribution in [0.25, 0.3) is 0 Å². The molecule has 0 saturated carbocycles. The Morgan fingerprint density at radius 1 is 0.737 bits per heavy atom. The summed E-state index contributed by atoms with van der Waals surface area (Å²) in [5.41, 5.74) is 3.51. The second-order valence-corrected chi connectivity index (χ2v) is 10.3. The van der Waals surface area contributed by atoms with Crippen LogP contribution in [0.1, 0.15) is 11.1 Å². The molecule has 0 spiro atoms. The van der Waals surface area contributed by atoms with Crippen LogP contribution in [0, 0.1) is 5.92 Å². The molecule has 0 radical (unpaired) electrons. The summed E-state index contributed by atoms with van der Waals surface area (Å²) in [6, 6.07) is 24.3. The van der Waals surface area contributed by atoms with Gasteiger partial charge in [0, 0.05) is 62.9 Å². The van der Waals surface area contributed by atoms with Crippen molar-refractivity contribution in [1.29, 1.82) is 0 Å². The molecule has 1 amide bonds. The fourth-order valence-electron chi connectivity index (χ4n) is 6.21. The number of amides is 1. The van der Waals surface area contributed by atoms with E-state index >= 15 is 0 Å². The zero-order valence-corrected chi connectivity index (χ0v) is 21.1. The van der Waals surface area contributed by atoms with Gasteiger partial charge in [0.05, 0.1) is 17.5 Å². The molecule has 8 heteroatoms. The summed E-state index contributed by atoms with van der Waals surface area (Å²) >= 11 is 0. The highest BCUT2D eigenvalue weighted by atomic mass is 19.4. The molecule has 6 rings (SSSR count). The lowest BCUT2D eigenvalue weighted by Crippen LogP contribution is -2.62. The summed E-state index contributed by atoms with van der Waals surface area (Å²) in [5.74, 6) is -0.0235. The maximum atomic E-state index is 14.0. The quantitative estimate of drug-likeness (QED) is 0.491. The van der Waals surface area contributed by atoms with E-state index in [0.717, 1.165) is 25.7 Å². The van der Waals surface area contributed by atoms with E-state index in [-0.39, 0.29) is 17.9 Å². The zero-order chi connectivity index (χ0) is 26.3. The van der Waals surface area contributed by atoms with Crippen molar-refractivity contribution in [3.8, 4) is 0 Å². The van der Waals surface area contributed by atoms with Crippen LogP contribution in [-0.2, 0) is 17.4 Å². The number of carbonyl (C=O) groups excluding carboxylic acids is 1. The van der Waals surface area contributed by atoms with Crippen molar-refractivity contribution in [1.82, 2.24) is 4.90 Å². The minimum atomic E-state index is -4.37. The van der Waals surface area contributed by atoms with E-state index in [1.54, 1.807) is 6.07 Å². The van der Waals surface area contributed by atoms with Gasteiger partial charge in [-0.25, -0.2) is 0 Å². The van der Waals surface area contributed by atoms with Crippen LogP contribution in [0.15, 0.2) is 78.9 Å². The molecule has 0 bridgehead atoms. The second-order valence-electron chi connectivity index (χ2n) is 10.3. The third-order valence-electron chi connectivity index (χ3n) is 8.19. The maximum absolute atomic E-state index is 14.0. The molecule has 0 unspecified atom stereocenters. The molecule has 3 aromatic carbocycles. The Kier molecular flexibility index (Phi) is 6.41. The summed E-state index contributed by atoms with van der Waals surface area (Å²) in [4.78, 5) is 22.7. The van der Waals surface area contributed by atoms with Crippen LogP contribution in [-0.4, -0.2) is 62.7 Å². The molecule has 38 heavy (non-hydrogen) atoms. The molecule has 0 aromatic heterocycles. The first kappa shape index (κ1) is 24.6. The van der Waals surface area contributed by atoms with Crippen molar-refractivity contribution in [2.75, 3.05) is 60.5 Å². The minimum absolute atomic E-state index is 0.0628. The number of nitrogens with zero attached hydrogens (tertiary/aromatic N) is 4. The summed E-state index contributed by atoms with van der Waals surface area (Å²) < 4.78 is 39.6. The Hall–Kier alpha value is -3.68. The summed E-state index contributed by atoms with van der Waals surface area (Å²) in [7, 11) is 0. The number of halogens is 3. The number of alkyl halides is 3. The summed E-state index contributed by atoms with van der Waals surface area (Å²) in [6.45, 7) is 4.56. The van der Waals surface area contributed by atoms with Gasteiger partial charge >= 0.3 is 6.18 Å². The van der Waals surface area contributed by atoms with Crippen LogP contribution < -0.4 is 14.7 Å². The van der Waals surface area contributed by atoms with Crippen molar-refractivity contribution >= 4 is 23.0 Å². The molecule has 5 nitrogen and oxygen atoms in total. The average Bonchev–Trinajstić information content (AvgIpc) is 2.96. The number of hydrogen-bond donors (Lipinski definition) is 0. The predicted molar refractivity (Wildman–Crippen MR) is 144 cm³/mol. The Balaban J connectivity index is 1.20. The van der Waals surface area contributed by atoms with Crippen molar-refractivity contribution in [3.05, 3.63) is 90.0 Å². The monoisotopic (exact) mass is 520 g/mol. The van der Waals surface area contributed by atoms with E-state index < -0.39 is 11.7 Å². The maximum Gasteiger partial charge on any atom is 0.416 e. The molecule has 3 heterocycles. The number of rotatable bonds is 3. The van der Waals surface area contributed by atoms with Crippen LogP contribution in [0.5, 0.6) is 0 Å². The number of piperazine rings is 2. The minimum Gasteiger partial charge on any atom is -0.368 e. The lowest BCUT2D eigenvalue weighted by Gasteiger charge is -2.50. The Morgan fingerprint density at radius 3 is 2.18 bits per heavy atom. The average molecular weight is 521 g/mol. The Bertz CT molecular complexity index is 1290. The fourth-order valence-corrected chi connectivity index (χ4v) is 6.21. The van der Waals surface area contributed by atoms with Crippen LogP contribution in [0.4, 0.5) is 30.2 Å². The van der Waals surface area contributed by atoms with Crippen molar-refractivity contribution in [2.45, 2.75) is 18.6 Å². The Labute approximate surface area is 221 Å². The van der Waals surface area contributed by atoms with E-state index in [1.807, 2.05) is 34.1 Å². The van der Waals surface area contributed by atoms with E-state index in [0.29, 0.717) is 38.3 Å². The van der Waals surface area contributed by atoms with Gasteiger partial charge in [0.2, 0.25) is 5.91 Å². The number of carbonyl (C=O) groups is 1. The largest absolute Gasteiger partial charge is 0.416 e. The number of hydrogen-bond acceptors (Lipinski definition) is 4. The molecular formula is C30H31F3N4O. The van der Waals surface area contributed by atoms with Crippen molar-refractivity contribution in [3.63, 3.8) is 0 Å². The molecule has 3 aromatic rings. The van der Waals surface area contributed by atoms with E-state index in [9.17, 15) is 18.0 Å². The molecule has 0 N–H and O–H groups in total. The topological polar surface area (TPSA) is 30.0 Å². The first-order chi connectivity index (χ1) is 18.4. The standard InChI is InChI=1S/C30H31F3N4O/c31-30(32,33)23-8-6-11-25(20-23)34-13-15-35(16-14-34)29(38)26-19-22-7-4-5-12-27(22)37-18-17-36(21-28(26)37)24-9-2-1-3-10-24/h1-12,20,26,28H,13-19,21H2/t26-,28-/m0/s1. The van der Waals surface area contributed by atoms with Crippen molar-refractivity contribution < 1.29 is 18.0 Å². The van der Waals surface area contributed by atoms with Gasteiger partial charge in [0.1, 0.15) is 0 Å². The Morgan fingerprint density at radius 2 is 1.42 bits per heavy atom. The highest BCUT2D eigenvalue weighted by Gasteiger charge is 2.43. The molecular weight excluding hydrogens is 489 g/mol. The van der Waals surface area contributed by atoms with E-state index in [2.05, 4.69) is 40.1 Å². The van der Waals surface area contributed by atoms with E-state index in [4.69, 9.17) is 0 Å². The number of fused-ring (bicyclic) bond motifs is 3. The molecule has 3 aliphatic heterocycles. The summed E-state index contributed by atoms with van der Waals surface area (Å²) in [5, 5.41) is 0. The number of para-hydroxylation sites is 2. The van der Waals surface area contributed by atoms with Gasteiger partial charge in [-0.2, -0.15) is 13.2 Å². The summed E-state index contributed by atoms with van der Waals surface area (Å²) in [6.07, 6.45) is -3.67. The highest BCUT2D eigenvalue weighted by molar-refractivity contribution is 5.83. The molecule has 2 fully saturated rings. The molecule has 2 saturated heterocycles. The second kappa shape index (κ2) is 9.89. The normalized spacial score (nSPS) is 21.7. The third kappa shape index (κ3) is 4.68. The SMILES string of the molecule is O=C([C@H]1Cc2ccccc2N2CCN(c3ccccc3)C[C@@H]12)N1CCN(c2cccc(C(F)(F)F)c2)CC1.